The van der Waals surface area contributed by atoms with Crippen LogP contribution in [0.1, 0.15) is 37.3 Å². The molecule has 1 aromatic carbocycles. The summed E-state index contributed by atoms with van der Waals surface area (Å²) >= 11 is 0. The molecule has 1 aliphatic rings. The lowest BCUT2D eigenvalue weighted by molar-refractivity contribution is 0.276. The number of benzene rings is 1. The molecular weight excluding hydrogens is 336 g/mol. The Bertz CT molecular complexity index is 682. The van der Waals surface area contributed by atoms with Gasteiger partial charge in [0.15, 0.2) is 0 Å². The summed E-state index contributed by atoms with van der Waals surface area (Å²) < 4.78 is 28.5. The molecule has 138 valence electrons. The van der Waals surface area contributed by atoms with Crippen LogP contribution in [-0.4, -0.2) is 61.7 Å². The Kier molecular flexibility index (Phi) is 7.38. The Morgan fingerprint density at radius 3 is 2.52 bits per heavy atom. The van der Waals surface area contributed by atoms with Crippen LogP contribution in [0.2, 0.25) is 0 Å². The summed E-state index contributed by atoms with van der Waals surface area (Å²) in [5, 5.41) is 8.86. The van der Waals surface area contributed by atoms with Crippen LogP contribution in [0.25, 0.3) is 0 Å². The molecule has 0 saturated carbocycles. The molecule has 1 aromatic rings. The van der Waals surface area contributed by atoms with Crippen LogP contribution in [-0.2, 0) is 16.8 Å². The Labute approximate surface area is 151 Å². The highest BCUT2D eigenvalue weighted by Crippen LogP contribution is 2.14. The fourth-order valence-electron chi connectivity index (χ4n) is 2.97. The first-order valence-electron chi connectivity index (χ1n) is 8.90. The van der Waals surface area contributed by atoms with Crippen molar-refractivity contribution in [2.75, 3.05) is 39.8 Å². The maximum absolute atomic E-state index is 12.7. The lowest BCUT2D eigenvalue weighted by Gasteiger charge is -2.26. The number of nitrogens with zero attached hydrogens (tertiary/aromatic N) is 4. The molecule has 0 spiro atoms. The van der Waals surface area contributed by atoms with Gasteiger partial charge >= 0.3 is 0 Å². The third-order valence-electron chi connectivity index (χ3n) is 4.58. The highest BCUT2D eigenvalue weighted by Gasteiger charge is 2.28. The minimum atomic E-state index is -3.36. The van der Waals surface area contributed by atoms with Crippen molar-refractivity contribution in [1.29, 1.82) is 5.26 Å². The molecule has 0 amide bonds. The highest BCUT2D eigenvalue weighted by atomic mass is 32.2. The largest absolute Gasteiger partial charge is 0.298 e. The third-order valence-corrected chi connectivity index (χ3v) is 6.57. The number of nitriles is 1. The van der Waals surface area contributed by atoms with Crippen LogP contribution >= 0.6 is 0 Å². The quantitative estimate of drug-likeness (QED) is 0.742. The topological polar surface area (TPSA) is 67.7 Å². The molecule has 0 bridgehead atoms. The smallest absolute Gasteiger partial charge is 0.281 e. The Morgan fingerprint density at radius 2 is 1.88 bits per heavy atom. The van der Waals surface area contributed by atoms with E-state index in [1.165, 1.54) is 4.31 Å². The van der Waals surface area contributed by atoms with Gasteiger partial charge in [-0.1, -0.05) is 25.5 Å². The van der Waals surface area contributed by atoms with Gasteiger partial charge in [-0.05, 0) is 37.1 Å². The summed E-state index contributed by atoms with van der Waals surface area (Å²) in [6.07, 6.45) is 2.70. The first-order chi connectivity index (χ1) is 12.0. The fraction of sp³-hybridized carbons (Fsp3) is 0.611. The van der Waals surface area contributed by atoms with Crippen molar-refractivity contribution in [3.8, 4) is 6.07 Å². The number of hydrogen-bond acceptors (Lipinski definition) is 4. The first kappa shape index (κ1) is 19.9. The van der Waals surface area contributed by atoms with Gasteiger partial charge in [0.1, 0.15) is 0 Å². The second kappa shape index (κ2) is 9.30. The van der Waals surface area contributed by atoms with Gasteiger partial charge in [0.25, 0.3) is 10.2 Å². The second-order valence-corrected chi connectivity index (χ2v) is 8.56. The van der Waals surface area contributed by atoms with Gasteiger partial charge in [0, 0.05) is 39.8 Å². The molecule has 2 rings (SSSR count). The first-order valence-corrected chi connectivity index (χ1v) is 10.3. The molecule has 1 fully saturated rings. The van der Waals surface area contributed by atoms with E-state index in [-0.39, 0.29) is 0 Å². The number of rotatable bonds is 7. The Hall–Kier alpha value is -1.46. The maximum Gasteiger partial charge on any atom is 0.281 e. The Morgan fingerprint density at radius 1 is 1.16 bits per heavy atom. The summed E-state index contributed by atoms with van der Waals surface area (Å²) in [7, 11) is -1.69. The monoisotopic (exact) mass is 364 g/mol. The molecule has 0 aliphatic carbocycles. The molecule has 7 heteroatoms. The van der Waals surface area contributed by atoms with Crippen molar-refractivity contribution in [2.24, 2.45) is 0 Å². The normalized spacial score (nSPS) is 17.4. The van der Waals surface area contributed by atoms with E-state index in [9.17, 15) is 8.42 Å². The minimum Gasteiger partial charge on any atom is -0.298 e. The number of hydrogen-bond donors (Lipinski definition) is 0. The van der Waals surface area contributed by atoms with E-state index in [1.807, 2.05) is 24.3 Å². The van der Waals surface area contributed by atoms with Crippen LogP contribution in [0.5, 0.6) is 0 Å². The molecular formula is C18H28N4O2S. The summed E-state index contributed by atoms with van der Waals surface area (Å²) in [4.78, 5) is 2.28. The zero-order valence-corrected chi connectivity index (χ0v) is 16.0. The molecule has 1 aliphatic heterocycles. The summed E-state index contributed by atoms with van der Waals surface area (Å²) in [5.41, 5.74) is 1.81. The van der Waals surface area contributed by atoms with Gasteiger partial charge in [-0.3, -0.25) is 4.90 Å². The summed E-state index contributed by atoms with van der Waals surface area (Å²) in [6, 6.07) is 9.71. The van der Waals surface area contributed by atoms with Gasteiger partial charge in [0.2, 0.25) is 0 Å². The van der Waals surface area contributed by atoms with Crippen molar-refractivity contribution in [2.45, 2.75) is 32.7 Å². The van der Waals surface area contributed by atoms with E-state index >= 15 is 0 Å². The average Bonchev–Trinajstić information content (AvgIpc) is 2.86. The lowest BCUT2D eigenvalue weighted by Crippen LogP contribution is -2.43. The zero-order valence-electron chi connectivity index (χ0n) is 15.2. The molecule has 25 heavy (non-hydrogen) atoms. The Balaban J connectivity index is 1.93. The standard InChI is InChI=1S/C18H28N4O2S/c1-3-4-10-20(2)25(23,24)22-12-5-11-21(13-14-22)16-18-8-6-17(15-19)7-9-18/h6-9H,3-5,10-14,16H2,1-2H3. The van der Waals surface area contributed by atoms with E-state index in [2.05, 4.69) is 17.9 Å². The highest BCUT2D eigenvalue weighted by molar-refractivity contribution is 7.86. The van der Waals surface area contributed by atoms with Crippen LogP contribution in [0.3, 0.4) is 0 Å². The van der Waals surface area contributed by atoms with E-state index in [1.54, 1.807) is 11.4 Å². The van der Waals surface area contributed by atoms with Crippen molar-refractivity contribution in [3.63, 3.8) is 0 Å². The van der Waals surface area contributed by atoms with Gasteiger partial charge in [-0.25, -0.2) is 0 Å². The van der Waals surface area contributed by atoms with Crippen LogP contribution in [0.4, 0.5) is 0 Å². The van der Waals surface area contributed by atoms with Crippen LogP contribution < -0.4 is 0 Å². The van der Waals surface area contributed by atoms with Gasteiger partial charge in [-0.2, -0.15) is 22.3 Å². The summed E-state index contributed by atoms with van der Waals surface area (Å²) in [6.45, 7) is 6.12. The minimum absolute atomic E-state index is 0.523. The average molecular weight is 365 g/mol. The van der Waals surface area contributed by atoms with Crippen molar-refractivity contribution >= 4 is 10.2 Å². The molecule has 0 unspecified atom stereocenters. The molecule has 0 aromatic heterocycles. The zero-order chi connectivity index (χ0) is 18.3. The maximum atomic E-state index is 12.7. The van der Waals surface area contributed by atoms with E-state index in [0.29, 0.717) is 25.2 Å². The van der Waals surface area contributed by atoms with Gasteiger partial charge < -0.3 is 0 Å². The van der Waals surface area contributed by atoms with Crippen LogP contribution in [0, 0.1) is 11.3 Å². The van der Waals surface area contributed by atoms with Crippen molar-refractivity contribution in [3.05, 3.63) is 35.4 Å². The molecule has 0 N–H and O–H groups in total. The summed E-state index contributed by atoms with van der Waals surface area (Å²) in [5.74, 6) is 0. The van der Waals surface area contributed by atoms with Gasteiger partial charge in [0.05, 0.1) is 11.6 Å². The predicted molar refractivity (Wildman–Crippen MR) is 99.1 cm³/mol. The van der Waals surface area contributed by atoms with E-state index < -0.39 is 10.2 Å². The SMILES string of the molecule is CCCCN(C)S(=O)(=O)N1CCCN(Cc2ccc(C#N)cc2)CC1. The van der Waals surface area contributed by atoms with Crippen molar-refractivity contribution in [1.82, 2.24) is 13.5 Å². The lowest BCUT2D eigenvalue weighted by atomic mass is 10.1. The predicted octanol–water partition coefficient (Wildman–Crippen LogP) is 2.04. The molecule has 6 nitrogen and oxygen atoms in total. The third kappa shape index (κ3) is 5.51. The molecule has 1 saturated heterocycles. The number of unbranched alkanes of at least 4 members (excludes halogenated alkanes) is 1. The molecule has 1 heterocycles. The fourth-order valence-corrected chi connectivity index (χ4v) is 4.40. The van der Waals surface area contributed by atoms with Gasteiger partial charge in [-0.15, -0.1) is 0 Å². The second-order valence-electron chi connectivity index (χ2n) is 6.52. The molecule has 0 atom stereocenters. The van der Waals surface area contributed by atoms with Crippen LogP contribution in [0.15, 0.2) is 24.3 Å². The molecule has 0 radical (unpaired) electrons. The van der Waals surface area contributed by atoms with Crippen molar-refractivity contribution < 1.29 is 8.42 Å². The van der Waals surface area contributed by atoms with E-state index in [0.717, 1.165) is 44.5 Å². The van der Waals surface area contributed by atoms with E-state index in [4.69, 9.17) is 5.26 Å².